The second kappa shape index (κ2) is 11.1. The number of carbonyl (C=O) groups excluding carboxylic acids is 2. The highest BCUT2D eigenvalue weighted by Crippen LogP contribution is 2.27. The Kier molecular flexibility index (Phi) is 7.72. The maximum Gasteiger partial charge on any atom is 0.272 e. The number of amides is 2. The van der Waals surface area contributed by atoms with E-state index in [1.165, 1.54) is 5.56 Å². The Bertz CT molecular complexity index is 1070. The summed E-state index contributed by atoms with van der Waals surface area (Å²) in [7, 11) is 1.88. The number of aromatic nitrogens is 3. The topological polar surface area (TPSA) is 71.3 Å². The van der Waals surface area contributed by atoms with Crippen LogP contribution in [0.2, 0.25) is 0 Å². The first-order chi connectivity index (χ1) is 16.5. The zero-order chi connectivity index (χ0) is 23.9. The summed E-state index contributed by atoms with van der Waals surface area (Å²) in [5, 5.41) is 4.37. The van der Waals surface area contributed by atoms with Crippen molar-refractivity contribution in [1.82, 2.24) is 24.6 Å². The van der Waals surface area contributed by atoms with Crippen LogP contribution in [-0.2, 0) is 17.8 Å². The van der Waals surface area contributed by atoms with Crippen LogP contribution in [0.3, 0.4) is 0 Å². The lowest BCUT2D eigenvalue weighted by Gasteiger charge is -2.40. The van der Waals surface area contributed by atoms with Crippen molar-refractivity contribution in [2.45, 2.75) is 45.2 Å². The third-order valence-corrected chi connectivity index (χ3v) is 6.75. The van der Waals surface area contributed by atoms with Gasteiger partial charge in [0.2, 0.25) is 5.91 Å². The molecular weight excluding hydrogens is 426 g/mol. The fourth-order valence-electron chi connectivity index (χ4n) is 4.79. The van der Waals surface area contributed by atoms with Crippen LogP contribution in [0.15, 0.2) is 67.0 Å². The average Bonchev–Trinajstić information content (AvgIpc) is 3.31. The van der Waals surface area contributed by atoms with Crippen molar-refractivity contribution in [2.24, 2.45) is 5.92 Å². The van der Waals surface area contributed by atoms with E-state index >= 15 is 0 Å². The van der Waals surface area contributed by atoms with Crippen LogP contribution in [0.5, 0.6) is 0 Å². The number of aryl methyl sites for hydroxylation is 2. The van der Waals surface area contributed by atoms with Gasteiger partial charge >= 0.3 is 0 Å². The second-order valence-corrected chi connectivity index (χ2v) is 9.08. The van der Waals surface area contributed by atoms with E-state index in [2.05, 4.69) is 22.2 Å². The monoisotopic (exact) mass is 459 g/mol. The summed E-state index contributed by atoms with van der Waals surface area (Å²) in [6.45, 7) is 3.99. The molecule has 7 heteroatoms. The first kappa shape index (κ1) is 23.7. The van der Waals surface area contributed by atoms with Crippen LogP contribution in [0.1, 0.15) is 41.0 Å². The zero-order valence-electron chi connectivity index (χ0n) is 20.0. The molecule has 1 aromatic carbocycles. The number of hydrogen-bond acceptors (Lipinski definition) is 4. The van der Waals surface area contributed by atoms with Crippen LogP contribution in [0, 0.1) is 12.8 Å². The third kappa shape index (κ3) is 5.90. The van der Waals surface area contributed by atoms with Gasteiger partial charge in [0.05, 0.1) is 5.69 Å². The van der Waals surface area contributed by atoms with Gasteiger partial charge < -0.3 is 9.80 Å². The summed E-state index contributed by atoms with van der Waals surface area (Å²) in [5.41, 5.74) is 2.63. The predicted octanol–water partition coefficient (Wildman–Crippen LogP) is 3.60. The van der Waals surface area contributed by atoms with E-state index in [1.807, 2.05) is 71.0 Å². The molecule has 1 aliphatic heterocycles. The molecule has 0 radical (unpaired) electrons. The Morgan fingerprint density at radius 2 is 1.79 bits per heavy atom. The summed E-state index contributed by atoms with van der Waals surface area (Å²) in [6, 6.07) is 17.7. The molecule has 0 N–H and O–H groups in total. The molecule has 7 nitrogen and oxygen atoms in total. The molecule has 0 unspecified atom stereocenters. The molecule has 1 fully saturated rings. The van der Waals surface area contributed by atoms with Crippen molar-refractivity contribution >= 4 is 11.8 Å². The minimum Gasteiger partial charge on any atom is -0.343 e. The lowest BCUT2D eigenvalue weighted by Crippen LogP contribution is -2.48. The minimum absolute atomic E-state index is 0.0428. The van der Waals surface area contributed by atoms with Crippen LogP contribution in [0.25, 0.3) is 0 Å². The predicted molar refractivity (Wildman–Crippen MR) is 131 cm³/mol. The van der Waals surface area contributed by atoms with E-state index in [0.29, 0.717) is 24.6 Å². The summed E-state index contributed by atoms with van der Waals surface area (Å²) in [5.74, 6) is 0.425. The number of pyridine rings is 1. The molecule has 2 aromatic heterocycles. The van der Waals surface area contributed by atoms with Gasteiger partial charge in [-0.25, -0.2) is 0 Å². The van der Waals surface area contributed by atoms with Crippen molar-refractivity contribution in [3.8, 4) is 0 Å². The van der Waals surface area contributed by atoms with Gasteiger partial charge in [-0.15, -0.1) is 0 Å². The number of likely N-dealkylation sites (tertiary alicyclic amines) is 1. The standard InChI is InChI=1S/C27H33N5O2/c1-21-11-18-32(29-21)19-14-26(33)31-16-12-23(13-17-31)25(20-22-8-4-3-5-9-22)30(2)27(34)24-10-6-7-15-28-24/h3-11,15,18,23,25H,12-14,16-17,19-20H2,1-2H3/t25-/m1/s1. The first-order valence-electron chi connectivity index (χ1n) is 12.0. The smallest absolute Gasteiger partial charge is 0.272 e. The SMILES string of the molecule is Cc1ccn(CCC(=O)N2CCC([C@@H](Cc3ccccc3)N(C)C(=O)c3ccccn3)CC2)n1. The van der Waals surface area contributed by atoms with Crippen molar-refractivity contribution in [2.75, 3.05) is 20.1 Å². The number of benzene rings is 1. The quantitative estimate of drug-likeness (QED) is 0.516. The second-order valence-electron chi connectivity index (χ2n) is 9.08. The van der Waals surface area contributed by atoms with E-state index in [-0.39, 0.29) is 17.9 Å². The Hall–Kier alpha value is -3.48. The Morgan fingerprint density at radius 3 is 2.44 bits per heavy atom. The van der Waals surface area contributed by atoms with Crippen LogP contribution >= 0.6 is 0 Å². The number of likely N-dealkylation sites (N-methyl/N-ethyl adjacent to an activating group) is 1. The molecule has 0 aliphatic carbocycles. The number of piperidine rings is 1. The highest BCUT2D eigenvalue weighted by molar-refractivity contribution is 5.92. The molecule has 3 heterocycles. The molecule has 0 bridgehead atoms. The Labute approximate surface area is 201 Å². The molecule has 4 rings (SSSR count). The van der Waals surface area contributed by atoms with E-state index in [4.69, 9.17) is 0 Å². The Morgan fingerprint density at radius 1 is 1.06 bits per heavy atom. The average molecular weight is 460 g/mol. The fourth-order valence-corrected chi connectivity index (χ4v) is 4.79. The van der Waals surface area contributed by atoms with Gasteiger partial charge in [0.1, 0.15) is 5.69 Å². The largest absolute Gasteiger partial charge is 0.343 e. The van der Waals surface area contributed by atoms with Crippen LogP contribution in [-0.4, -0.2) is 62.6 Å². The van der Waals surface area contributed by atoms with Gasteiger partial charge in [-0.1, -0.05) is 36.4 Å². The number of nitrogens with zero attached hydrogens (tertiary/aromatic N) is 5. The van der Waals surface area contributed by atoms with Crippen molar-refractivity contribution in [3.63, 3.8) is 0 Å². The van der Waals surface area contributed by atoms with E-state index in [9.17, 15) is 9.59 Å². The van der Waals surface area contributed by atoms with Gasteiger partial charge in [-0.3, -0.25) is 19.3 Å². The van der Waals surface area contributed by atoms with Crippen LogP contribution < -0.4 is 0 Å². The van der Waals surface area contributed by atoms with Gasteiger partial charge in [0.25, 0.3) is 5.91 Å². The lowest BCUT2D eigenvalue weighted by molar-refractivity contribution is -0.133. The summed E-state index contributed by atoms with van der Waals surface area (Å²) in [4.78, 5) is 34.1. The van der Waals surface area contributed by atoms with Gasteiger partial charge in [-0.2, -0.15) is 5.10 Å². The molecule has 1 atom stereocenters. The zero-order valence-corrected chi connectivity index (χ0v) is 20.0. The lowest BCUT2D eigenvalue weighted by atomic mass is 9.84. The summed E-state index contributed by atoms with van der Waals surface area (Å²) < 4.78 is 1.83. The molecule has 0 spiro atoms. The van der Waals surface area contributed by atoms with E-state index < -0.39 is 0 Å². The minimum atomic E-state index is -0.0606. The summed E-state index contributed by atoms with van der Waals surface area (Å²) in [6.07, 6.45) is 6.57. The molecular formula is C27H33N5O2. The number of rotatable bonds is 8. The fraction of sp³-hybridized carbons (Fsp3) is 0.407. The van der Waals surface area contributed by atoms with Gasteiger partial charge in [0, 0.05) is 51.5 Å². The molecule has 3 aromatic rings. The van der Waals surface area contributed by atoms with Crippen LogP contribution in [0.4, 0.5) is 0 Å². The van der Waals surface area contributed by atoms with Crippen molar-refractivity contribution in [1.29, 1.82) is 0 Å². The normalized spacial score (nSPS) is 15.2. The van der Waals surface area contributed by atoms with Gasteiger partial charge in [-0.05, 0) is 55.9 Å². The molecule has 178 valence electrons. The Balaban J connectivity index is 1.40. The van der Waals surface area contributed by atoms with E-state index in [1.54, 1.807) is 12.3 Å². The van der Waals surface area contributed by atoms with Gasteiger partial charge in [0.15, 0.2) is 0 Å². The molecule has 1 saturated heterocycles. The molecule has 2 amide bonds. The number of carbonyl (C=O) groups is 2. The maximum absolute atomic E-state index is 13.2. The maximum atomic E-state index is 13.2. The van der Waals surface area contributed by atoms with Crippen molar-refractivity contribution in [3.05, 3.63) is 83.9 Å². The highest BCUT2D eigenvalue weighted by atomic mass is 16.2. The molecule has 1 aliphatic rings. The molecule has 0 saturated carbocycles. The highest BCUT2D eigenvalue weighted by Gasteiger charge is 2.33. The van der Waals surface area contributed by atoms with Crippen molar-refractivity contribution < 1.29 is 9.59 Å². The van der Waals surface area contributed by atoms with E-state index in [0.717, 1.165) is 38.0 Å². The third-order valence-electron chi connectivity index (χ3n) is 6.75. The number of hydrogen-bond donors (Lipinski definition) is 0. The first-order valence-corrected chi connectivity index (χ1v) is 12.0. The molecule has 34 heavy (non-hydrogen) atoms. The summed E-state index contributed by atoms with van der Waals surface area (Å²) >= 11 is 0.